The van der Waals surface area contributed by atoms with Crippen LogP contribution in [0.1, 0.15) is 70.6 Å². The standard InChI is InChI=1S/C17H32N2/c18-13-17(10-4-2-1-3-5-11-17)19-12-16(14-6-7-14)15-8-9-15/h14-16,19H,1-13,18H2. The molecule has 0 aromatic carbocycles. The van der Waals surface area contributed by atoms with E-state index in [1.54, 1.807) is 0 Å². The van der Waals surface area contributed by atoms with E-state index < -0.39 is 0 Å². The average Bonchev–Trinajstić information content (AvgIpc) is 3.26. The predicted molar refractivity (Wildman–Crippen MR) is 81.0 cm³/mol. The van der Waals surface area contributed by atoms with Gasteiger partial charge in [-0.15, -0.1) is 0 Å². The third kappa shape index (κ3) is 3.72. The van der Waals surface area contributed by atoms with Crippen LogP contribution in [0.3, 0.4) is 0 Å². The largest absolute Gasteiger partial charge is 0.329 e. The summed E-state index contributed by atoms with van der Waals surface area (Å²) in [5.74, 6) is 3.10. The Balaban J connectivity index is 1.54. The number of hydrogen-bond donors (Lipinski definition) is 2. The minimum Gasteiger partial charge on any atom is -0.329 e. The van der Waals surface area contributed by atoms with E-state index in [9.17, 15) is 0 Å². The van der Waals surface area contributed by atoms with E-state index in [0.29, 0.717) is 0 Å². The topological polar surface area (TPSA) is 38.0 Å². The van der Waals surface area contributed by atoms with Gasteiger partial charge in [-0.3, -0.25) is 0 Å². The Labute approximate surface area is 118 Å². The first kappa shape index (κ1) is 13.9. The van der Waals surface area contributed by atoms with Crippen LogP contribution >= 0.6 is 0 Å². The molecule has 3 aliphatic carbocycles. The molecule has 3 saturated carbocycles. The van der Waals surface area contributed by atoms with Crippen molar-refractivity contribution in [1.82, 2.24) is 5.32 Å². The molecule has 3 N–H and O–H groups in total. The van der Waals surface area contributed by atoms with Crippen LogP contribution in [0.15, 0.2) is 0 Å². The predicted octanol–water partition coefficient (Wildman–Crippen LogP) is 3.45. The summed E-state index contributed by atoms with van der Waals surface area (Å²) in [6.07, 6.45) is 15.6. The molecule has 3 rings (SSSR count). The van der Waals surface area contributed by atoms with Crippen molar-refractivity contribution < 1.29 is 0 Å². The minimum atomic E-state index is 0.280. The van der Waals surface area contributed by atoms with Crippen molar-refractivity contribution in [2.75, 3.05) is 13.1 Å². The summed E-state index contributed by atoms with van der Waals surface area (Å²) in [4.78, 5) is 0. The summed E-state index contributed by atoms with van der Waals surface area (Å²) in [5, 5.41) is 3.97. The van der Waals surface area contributed by atoms with Crippen molar-refractivity contribution in [3.63, 3.8) is 0 Å². The van der Waals surface area contributed by atoms with E-state index in [1.165, 1.54) is 77.2 Å². The van der Waals surface area contributed by atoms with Gasteiger partial charge in [0.2, 0.25) is 0 Å². The Hall–Kier alpha value is -0.0800. The molecule has 0 heterocycles. The van der Waals surface area contributed by atoms with Gasteiger partial charge < -0.3 is 11.1 Å². The highest BCUT2D eigenvalue weighted by Gasteiger charge is 2.42. The monoisotopic (exact) mass is 264 g/mol. The Bertz CT molecular complexity index is 261. The fourth-order valence-electron chi connectivity index (χ4n) is 4.14. The summed E-state index contributed by atoms with van der Waals surface area (Å²) in [6, 6.07) is 0. The van der Waals surface area contributed by atoms with Crippen LogP contribution in [-0.2, 0) is 0 Å². The van der Waals surface area contributed by atoms with Gasteiger partial charge in [0, 0.05) is 12.1 Å². The normalized spacial score (nSPS) is 28.1. The lowest BCUT2D eigenvalue weighted by Gasteiger charge is -2.37. The second-order valence-corrected chi connectivity index (χ2v) is 7.47. The first-order chi connectivity index (χ1) is 9.33. The van der Waals surface area contributed by atoms with E-state index in [0.717, 1.165) is 24.3 Å². The number of nitrogens with one attached hydrogen (secondary N) is 1. The molecule has 0 radical (unpaired) electrons. The molecule has 2 heteroatoms. The summed E-state index contributed by atoms with van der Waals surface area (Å²) in [6.45, 7) is 2.10. The molecular formula is C17H32N2. The zero-order valence-electron chi connectivity index (χ0n) is 12.5. The summed E-state index contributed by atoms with van der Waals surface area (Å²) in [5.41, 5.74) is 6.45. The zero-order chi connectivity index (χ0) is 13.1. The number of nitrogens with two attached hydrogens (primary N) is 1. The van der Waals surface area contributed by atoms with Crippen LogP contribution < -0.4 is 11.1 Å². The quantitative estimate of drug-likeness (QED) is 0.771. The summed E-state index contributed by atoms with van der Waals surface area (Å²) < 4.78 is 0. The van der Waals surface area contributed by atoms with E-state index in [1.807, 2.05) is 0 Å². The molecule has 0 atom stereocenters. The van der Waals surface area contributed by atoms with Crippen molar-refractivity contribution in [1.29, 1.82) is 0 Å². The highest BCUT2D eigenvalue weighted by Crippen LogP contribution is 2.49. The van der Waals surface area contributed by atoms with Crippen LogP contribution in [0, 0.1) is 17.8 Å². The highest BCUT2D eigenvalue weighted by atomic mass is 15.0. The van der Waals surface area contributed by atoms with Gasteiger partial charge in [0.05, 0.1) is 0 Å². The molecule has 0 aromatic heterocycles. The third-order valence-electron chi connectivity index (χ3n) is 5.87. The Morgan fingerprint density at radius 3 is 1.89 bits per heavy atom. The van der Waals surface area contributed by atoms with Crippen LogP contribution in [0.25, 0.3) is 0 Å². The van der Waals surface area contributed by atoms with E-state index >= 15 is 0 Å². The van der Waals surface area contributed by atoms with Crippen molar-refractivity contribution in [2.45, 2.75) is 76.2 Å². The lowest BCUT2D eigenvalue weighted by Crippen LogP contribution is -2.53. The lowest BCUT2D eigenvalue weighted by molar-refractivity contribution is 0.229. The number of rotatable bonds is 6. The second kappa shape index (κ2) is 6.13. The van der Waals surface area contributed by atoms with Crippen molar-refractivity contribution in [3.8, 4) is 0 Å². The Kier molecular flexibility index (Phi) is 4.48. The molecular weight excluding hydrogens is 232 g/mol. The van der Waals surface area contributed by atoms with Gasteiger partial charge in [0.25, 0.3) is 0 Å². The van der Waals surface area contributed by atoms with E-state index in [-0.39, 0.29) is 5.54 Å². The Morgan fingerprint density at radius 1 is 0.895 bits per heavy atom. The average molecular weight is 264 g/mol. The molecule has 0 aromatic rings. The molecule has 0 unspecified atom stereocenters. The van der Waals surface area contributed by atoms with Crippen molar-refractivity contribution in [2.24, 2.45) is 23.5 Å². The van der Waals surface area contributed by atoms with Gasteiger partial charge in [0.1, 0.15) is 0 Å². The van der Waals surface area contributed by atoms with Gasteiger partial charge in [-0.05, 0) is 62.8 Å². The van der Waals surface area contributed by atoms with E-state index in [2.05, 4.69) is 5.32 Å². The van der Waals surface area contributed by atoms with Gasteiger partial charge in [0.15, 0.2) is 0 Å². The molecule has 0 spiro atoms. The maximum absolute atomic E-state index is 6.17. The van der Waals surface area contributed by atoms with Crippen LogP contribution in [0.2, 0.25) is 0 Å². The molecule has 3 fully saturated rings. The minimum absolute atomic E-state index is 0.280. The molecule has 0 amide bonds. The van der Waals surface area contributed by atoms with Crippen molar-refractivity contribution >= 4 is 0 Å². The fourth-order valence-corrected chi connectivity index (χ4v) is 4.14. The molecule has 110 valence electrons. The molecule has 0 aliphatic heterocycles. The summed E-state index contributed by atoms with van der Waals surface area (Å²) in [7, 11) is 0. The number of hydrogen-bond acceptors (Lipinski definition) is 2. The molecule has 3 aliphatic rings. The van der Waals surface area contributed by atoms with Crippen LogP contribution in [0.5, 0.6) is 0 Å². The van der Waals surface area contributed by atoms with E-state index in [4.69, 9.17) is 5.73 Å². The smallest absolute Gasteiger partial charge is 0.0304 e. The molecule has 0 bridgehead atoms. The lowest BCUT2D eigenvalue weighted by atomic mass is 9.83. The second-order valence-electron chi connectivity index (χ2n) is 7.47. The van der Waals surface area contributed by atoms with Gasteiger partial charge >= 0.3 is 0 Å². The maximum Gasteiger partial charge on any atom is 0.0304 e. The summed E-state index contributed by atoms with van der Waals surface area (Å²) >= 11 is 0. The van der Waals surface area contributed by atoms with Gasteiger partial charge in [-0.2, -0.15) is 0 Å². The van der Waals surface area contributed by atoms with Gasteiger partial charge in [-0.25, -0.2) is 0 Å². The van der Waals surface area contributed by atoms with Gasteiger partial charge in [-0.1, -0.05) is 32.1 Å². The van der Waals surface area contributed by atoms with Crippen LogP contribution in [0.4, 0.5) is 0 Å². The molecule has 2 nitrogen and oxygen atoms in total. The first-order valence-electron chi connectivity index (χ1n) is 8.78. The van der Waals surface area contributed by atoms with Crippen molar-refractivity contribution in [3.05, 3.63) is 0 Å². The fraction of sp³-hybridized carbons (Fsp3) is 1.00. The first-order valence-corrected chi connectivity index (χ1v) is 8.78. The Morgan fingerprint density at radius 2 is 1.42 bits per heavy atom. The zero-order valence-corrected chi connectivity index (χ0v) is 12.5. The third-order valence-corrected chi connectivity index (χ3v) is 5.87. The highest BCUT2D eigenvalue weighted by molar-refractivity contribution is 4.96. The molecule has 0 saturated heterocycles. The molecule has 19 heavy (non-hydrogen) atoms. The maximum atomic E-state index is 6.17. The SMILES string of the molecule is NCC1(NCC(C2CC2)C2CC2)CCCCCCC1. The van der Waals surface area contributed by atoms with Crippen LogP contribution in [-0.4, -0.2) is 18.6 Å².